The number of ether oxygens (including phenoxy) is 1. The number of aldehydes is 1. The lowest BCUT2D eigenvalue weighted by atomic mass is 10.0. The number of anilines is 1. The summed E-state index contributed by atoms with van der Waals surface area (Å²) in [6.45, 7) is 6.88. The summed E-state index contributed by atoms with van der Waals surface area (Å²) in [5.41, 5.74) is 10.4. The quantitative estimate of drug-likeness (QED) is 0.438. The number of aromatic nitrogens is 2. The van der Waals surface area contributed by atoms with Crippen LogP contribution in [-0.4, -0.2) is 46.8 Å². The molecule has 0 radical (unpaired) electrons. The van der Waals surface area contributed by atoms with Gasteiger partial charge in [0.05, 0.1) is 30.2 Å². The van der Waals surface area contributed by atoms with E-state index in [0.717, 1.165) is 47.7 Å². The molecule has 0 saturated carbocycles. The third-order valence-electron chi connectivity index (χ3n) is 5.83. The lowest BCUT2D eigenvalue weighted by molar-refractivity contribution is -0.132. The first-order valence-corrected chi connectivity index (χ1v) is 12.7. The second-order valence-corrected chi connectivity index (χ2v) is 9.37. The van der Waals surface area contributed by atoms with E-state index in [-0.39, 0.29) is 5.91 Å². The Morgan fingerprint density at radius 2 is 2.14 bits per heavy atom. The lowest BCUT2D eigenvalue weighted by Crippen LogP contribution is -2.37. The number of thiophene rings is 1. The van der Waals surface area contributed by atoms with Gasteiger partial charge >= 0.3 is 0 Å². The van der Waals surface area contributed by atoms with Crippen LogP contribution in [0.25, 0.3) is 0 Å². The van der Waals surface area contributed by atoms with E-state index in [1.54, 1.807) is 17.7 Å². The van der Waals surface area contributed by atoms with Crippen LogP contribution in [0.2, 0.25) is 0 Å². The van der Waals surface area contributed by atoms with Crippen LogP contribution in [0.4, 0.5) is 5.00 Å². The number of imidazole rings is 1. The molecular formula is C26H35N5O3S. The molecule has 188 valence electrons. The van der Waals surface area contributed by atoms with Gasteiger partial charge in [0.2, 0.25) is 5.91 Å². The Kier molecular flexibility index (Phi) is 9.86. The first-order chi connectivity index (χ1) is 17.0. The highest BCUT2D eigenvalue weighted by molar-refractivity contribution is 7.16. The number of fused-ring (bicyclic) bond motifs is 1. The molecule has 1 amide bonds. The SMILES string of the molecule is CCOc1ccccc1CCC=O.CNc1sc2c(c1CN)CCN(C(=O)Cn1cnc(C)c1)C2. The van der Waals surface area contributed by atoms with Gasteiger partial charge in [-0.1, -0.05) is 18.2 Å². The minimum absolute atomic E-state index is 0.136. The first-order valence-electron chi connectivity index (χ1n) is 11.9. The zero-order valence-electron chi connectivity index (χ0n) is 20.8. The third kappa shape index (κ3) is 6.93. The highest BCUT2D eigenvalue weighted by Gasteiger charge is 2.26. The van der Waals surface area contributed by atoms with Gasteiger partial charge in [-0.25, -0.2) is 4.98 Å². The van der Waals surface area contributed by atoms with E-state index >= 15 is 0 Å². The van der Waals surface area contributed by atoms with Gasteiger partial charge in [-0.15, -0.1) is 11.3 Å². The Bertz CT molecular complexity index is 1120. The van der Waals surface area contributed by atoms with Gasteiger partial charge in [-0.2, -0.15) is 0 Å². The van der Waals surface area contributed by atoms with Gasteiger partial charge in [0, 0.05) is 43.2 Å². The van der Waals surface area contributed by atoms with Crippen molar-refractivity contribution in [2.45, 2.75) is 52.7 Å². The molecule has 1 aromatic carbocycles. The molecule has 0 bridgehead atoms. The van der Waals surface area contributed by atoms with E-state index < -0.39 is 0 Å². The van der Waals surface area contributed by atoms with Crippen molar-refractivity contribution in [1.82, 2.24) is 14.5 Å². The average molecular weight is 498 g/mol. The van der Waals surface area contributed by atoms with Crippen LogP contribution in [-0.2, 0) is 42.1 Å². The Morgan fingerprint density at radius 3 is 2.80 bits per heavy atom. The summed E-state index contributed by atoms with van der Waals surface area (Å²) in [6.07, 6.45) is 6.74. The maximum absolute atomic E-state index is 12.5. The number of rotatable bonds is 9. The van der Waals surface area contributed by atoms with E-state index in [9.17, 15) is 9.59 Å². The van der Waals surface area contributed by atoms with Crippen LogP contribution >= 0.6 is 11.3 Å². The molecule has 1 aliphatic heterocycles. The predicted octanol–water partition coefficient (Wildman–Crippen LogP) is 3.56. The number of aryl methyl sites for hydroxylation is 2. The summed E-state index contributed by atoms with van der Waals surface area (Å²) in [6, 6.07) is 7.83. The van der Waals surface area contributed by atoms with Gasteiger partial charge in [0.15, 0.2) is 0 Å². The monoisotopic (exact) mass is 497 g/mol. The maximum atomic E-state index is 12.5. The van der Waals surface area contributed by atoms with Crippen molar-refractivity contribution >= 4 is 28.5 Å². The zero-order chi connectivity index (χ0) is 25.2. The number of nitrogens with one attached hydrogen (secondary N) is 1. The van der Waals surface area contributed by atoms with Crippen LogP contribution in [0.3, 0.4) is 0 Å². The van der Waals surface area contributed by atoms with Crippen LogP contribution in [0.15, 0.2) is 36.8 Å². The Hall–Kier alpha value is -3.17. The molecule has 35 heavy (non-hydrogen) atoms. The molecule has 3 aromatic rings. The normalized spacial score (nSPS) is 12.4. The summed E-state index contributed by atoms with van der Waals surface area (Å²) in [7, 11) is 1.92. The molecule has 1 aliphatic rings. The third-order valence-corrected chi connectivity index (χ3v) is 7.11. The van der Waals surface area contributed by atoms with Crippen molar-refractivity contribution in [3.8, 4) is 5.75 Å². The number of amides is 1. The smallest absolute Gasteiger partial charge is 0.242 e. The zero-order valence-corrected chi connectivity index (χ0v) is 21.6. The molecule has 9 heteroatoms. The number of nitrogens with two attached hydrogens (primary N) is 1. The number of hydrogen-bond acceptors (Lipinski definition) is 7. The largest absolute Gasteiger partial charge is 0.494 e. The number of hydrogen-bond donors (Lipinski definition) is 2. The van der Waals surface area contributed by atoms with E-state index in [0.29, 0.717) is 32.7 Å². The van der Waals surface area contributed by atoms with Crippen LogP contribution in [0, 0.1) is 6.92 Å². The predicted molar refractivity (Wildman–Crippen MR) is 140 cm³/mol. The minimum atomic E-state index is 0.136. The number of nitrogens with zero attached hydrogens (tertiary/aromatic N) is 3. The van der Waals surface area contributed by atoms with Crippen molar-refractivity contribution in [3.63, 3.8) is 0 Å². The number of carbonyl (C=O) groups is 2. The van der Waals surface area contributed by atoms with E-state index in [1.165, 1.54) is 16.0 Å². The number of carbonyl (C=O) groups excluding carboxylic acids is 2. The van der Waals surface area contributed by atoms with Crippen LogP contribution < -0.4 is 15.8 Å². The maximum Gasteiger partial charge on any atom is 0.242 e. The van der Waals surface area contributed by atoms with Crippen LogP contribution in [0.1, 0.15) is 40.6 Å². The summed E-state index contributed by atoms with van der Waals surface area (Å²) in [4.78, 5) is 30.0. The molecule has 0 unspecified atom stereocenters. The molecule has 8 nitrogen and oxygen atoms in total. The Morgan fingerprint density at radius 1 is 1.34 bits per heavy atom. The molecule has 0 spiro atoms. The molecular weight excluding hydrogens is 462 g/mol. The van der Waals surface area contributed by atoms with Gasteiger partial charge in [0.25, 0.3) is 0 Å². The van der Waals surface area contributed by atoms with Gasteiger partial charge in [0.1, 0.15) is 18.6 Å². The summed E-state index contributed by atoms with van der Waals surface area (Å²) >= 11 is 1.71. The van der Waals surface area contributed by atoms with Crippen molar-refractivity contribution in [2.75, 3.05) is 25.5 Å². The summed E-state index contributed by atoms with van der Waals surface area (Å²) in [5.74, 6) is 1.03. The van der Waals surface area contributed by atoms with Crippen molar-refractivity contribution in [2.24, 2.45) is 5.73 Å². The van der Waals surface area contributed by atoms with E-state index in [2.05, 4.69) is 10.3 Å². The molecule has 0 atom stereocenters. The lowest BCUT2D eigenvalue weighted by Gasteiger charge is -2.27. The van der Waals surface area contributed by atoms with E-state index in [1.807, 2.05) is 60.8 Å². The molecule has 3 heterocycles. The number of para-hydroxylation sites is 1. The Balaban J connectivity index is 0.000000225. The van der Waals surface area contributed by atoms with Gasteiger partial charge in [-0.3, -0.25) is 4.79 Å². The van der Waals surface area contributed by atoms with Gasteiger partial charge < -0.3 is 30.0 Å². The minimum Gasteiger partial charge on any atom is -0.494 e. The topological polar surface area (TPSA) is 102 Å². The molecule has 2 aromatic heterocycles. The van der Waals surface area contributed by atoms with E-state index in [4.69, 9.17) is 10.5 Å². The molecule has 4 rings (SSSR count). The fourth-order valence-corrected chi connectivity index (χ4v) is 5.38. The fraction of sp³-hybridized carbons (Fsp3) is 0.423. The van der Waals surface area contributed by atoms with Gasteiger partial charge in [-0.05, 0) is 43.9 Å². The first kappa shape index (κ1) is 26.4. The molecule has 0 saturated heterocycles. The second-order valence-electron chi connectivity index (χ2n) is 8.26. The second kappa shape index (κ2) is 13.1. The molecule has 0 aliphatic carbocycles. The standard InChI is InChI=1S/C15H21N5OS.C11H14O2/c1-10-6-19(9-18-10)8-14(21)20-4-3-11-12(5-16)15(17-2)22-13(11)7-20;1-2-13-11-8-4-3-6-10(11)7-5-9-12/h6,9,17H,3-5,7-8,16H2,1-2H3;3-4,6,8-9H,2,5,7H2,1H3. The van der Waals surface area contributed by atoms with Crippen LogP contribution in [0.5, 0.6) is 5.75 Å². The molecule has 0 fully saturated rings. The average Bonchev–Trinajstić information content (AvgIpc) is 3.45. The van der Waals surface area contributed by atoms with Crippen molar-refractivity contribution < 1.29 is 14.3 Å². The Labute approximate surface area is 211 Å². The summed E-state index contributed by atoms with van der Waals surface area (Å²) < 4.78 is 7.26. The fourth-order valence-electron chi connectivity index (χ4n) is 4.14. The van der Waals surface area contributed by atoms with Crippen molar-refractivity contribution in [3.05, 3.63) is 64.1 Å². The highest BCUT2D eigenvalue weighted by Crippen LogP contribution is 2.36. The highest BCUT2D eigenvalue weighted by atomic mass is 32.1. The molecule has 3 N–H and O–H groups in total. The summed E-state index contributed by atoms with van der Waals surface area (Å²) in [5, 5.41) is 4.34. The number of benzene rings is 1. The van der Waals surface area contributed by atoms with Crippen molar-refractivity contribution in [1.29, 1.82) is 0 Å².